The van der Waals surface area contributed by atoms with Gasteiger partial charge in [-0.15, -0.1) is 0 Å². The monoisotopic (exact) mass is 302 g/mol. The maximum Gasteiger partial charge on any atom is 0.354 e. The van der Waals surface area contributed by atoms with Gasteiger partial charge in [-0.05, 0) is 30.7 Å². The van der Waals surface area contributed by atoms with Gasteiger partial charge in [0.2, 0.25) is 0 Å². The average molecular weight is 302 g/mol. The number of hydrogen-bond donors (Lipinski definition) is 0. The minimum atomic E-state index is -0.357. The van der Waals surface area contributed by atoms with Crippen LogP contribution < -0.4 is 15.3 Å². The number of aryl methyl sites for hydroxylation is 1. The van der Waals surface area contributed by atoms with Crippen LogP contribution in [0.2, 0.25) is 0 Å². The zero-order valence-corrected chi connectivity index (χ0v) is 12.7. The summed E-state index contributed by atoms with van der Waals surface area (Å²) < 4.78 is 7.63. The molecule has 0 unspecified atom stereocenters. The highest BCUT2D eigenvalue weighted by Gasteiger charge is 2.33. The van der Waals surface area contributed by atoms with Crippen molar-refractivity contribution in [1.29, 1.82) is 0 Å². The SMILES string of the molecule is CCCCn1nc2n(c1=O)C(=O)N(c1ccc(OC)cc1)C2. The van der Waals surface area contributed by atoms with Crippen LogP contribution in [0.4, 0.5) is 10.5 Å². The number of unbranched alkanes of at least 4 members (excludes halogenated alkanes) is 1. The molecule has 2 aromatic rings. The molecule has 7 heteroatoms. The Labute approximate surface area is 127 Å². The molecule has 0 spiro atoms. The Kier molecular flexibility index (Phi) is 3.70. The van der Waals surface area contributed by atoms with Crippen molar-refractivity contribution in [2.75, 3.05) is 12.0 Å². The number of carbonyl (C=O) groups excluding carboxylic acids is 1. The molecule has 22 heavy (non-hydrogen) atoms. The van der Waals surface area contributed by atoms with E-state index in [4.69, 9.17) is 4.74 Å². The van der Waals surface area contributed by atoms with Gasteiger partial charge in [-0.25, -0.2) is 14.3 Å². The predicted molar refractivity (Wildman–Crippen MR) is 81.4 cm³/mol. The molecule has 1 aromatic heterocycles. The number of hydrogen-bond acceptors (Lipinski definition) is 4. The van der Waals surface area contributed by atoms with Gasteiger partial charge >= 0.3 is 11.7 Å². The molecular weight excluding hydrogens is 284 g/mol. The number of aromatic nitrogens is 3. The molecule has 0 saturated carbocycles. The Bertz CT molecular complexity index is 745. The molecule has 0 atom stereocenters. The van der Waals surface area contributed by atoms with E-state index < -0.39 is 0 Å². The topological polar surface area (TPSA) is 69.4 Å². The van der Waals surface area contributed by atoms with Crippen LogP contribution in [0.5, 0.6) is 5.75 Å². The summed E-state index contributed by atoms with van der Waals surface area (Å²) in [7, 11) is 1.59. The van der Waals surface area contributed by atoms with Crippen molar-refractivity contribution in [3.8, 4) is 5.75 Å². The highest BCUT2D eigenvalue weighted by Crippen LogP contribution is 2.24. The van der Waals surface area contributed by atoms with E-state index in [-0.39, 0.29) is 11.7 Å². The van der Waals surface area contributed by atoms with Crippen LogP contribution in [-0.4, -0.2) is 27.5 Å². The van der Waals surface area contributed by atoms with Crippen molar-refractivity contribution >= 4 is 11.7 Å². The van der Waals surface area contributed by atoms with E-state index >= 15 is 0 Å². The lowest BCUT2D eigenvalue weighted by atomic mass is 10.3. The second kappa shape index (κ2) is 5.67. The molecule has 0 radical (unpaired) electrons. The van der Waals surface area contributed by atoms with E-state index in [1.165, 1.54) is 9.58 Å². The predicted octanol–water partition coefficient (Wildman–Crippen LogP) is 1.84. The van der Waals surface area contributed by atoms with E-state index in [0.717, 1.165) is 28.8 Å². The molecule has 1 aliphatic heterocycles. The lowest BCUT2D eigenvalue weighted by Crippen LogP contribution is -2.34. The molecule has 0 N–H and O–H groups in total. The Morgan fingerprint density at radius 1 is 1.23 bits per heavy atom. The lowest BCUT2D eigenvalue weighted by molar-refractivity contribution is 0.249. The van der Waals surface area contributed by atoms with E-state index in [1.807, 2.05) is 6.92 Å². The van der Waals surface area contributed by atoms with E-state index in [2.05, 4.69) is 5.10 Å². The number of carbonyl (C=O) groups is 1. The maximum atomic E-state index is 12.5. The molecule has 1 aromatic carbocycles. The normalized spacial score (nSPS) is 13.5. The molecule has 0 saturated heterocycles. The number of anilines is 1. The van der Waals surface area contributed by atoms with Crippen molar-refractivity contribution in [3.63, 3.8) is 0 Å². The van der Waals surface area contributed by atoms with Gasteiger partial charge in [-0.2, -0.15) is 9.67 Å². The third-order valence-electron chi connectivity index (χ3n) is 3.74. The minimum Gasteiger partial charge on any atom is -0.497 e. The zero-order chi connectivity index (χ0) is 15.7. The summed E-state index contributed by atoms with van der Waals surface area (Å²) in [5, 5.41) is 4.27. The molecule has 3 rings (SSSR count). The number of nitrogens with zero attached hydrogens (tertiary/aromatic N) is 4. The second-order valence-electron chi connectivity index (χ2n) is 5.18. The van der Waals surface area contributed by atoms with E-state index in [1.54, 1.807) is 31.4 Å². The Hall–Kier alpha value is -2.57. The smallest absolute Gasteiger partial charge is 0.354 e. The van der Waals surface area contributed by atoms with Crippen molar-refractivity contribution in [1.82, 2.24) is 14.3 Å². The van der Waals surface area contributed by atoms with Gasteiger partial charge in [0.1, 0.15) is 5.75 Å². The van der Waals surface area contributed by atoms with Crippen molar-refractivity contribution in [2.45, 2.75) is 32.9 Å². The molecule has 1 amide bonds. The maximum absolute atomic E-state index is 12.5. The average Bonchev–Trinajstić information content (AvgIpc) is 3.03. The first kappa shape index (κ1) is 14.4. The molecule has 1 aliphatic rings. The number of ether oxygens (including phenoxy) is 1. The zero-order valence-electron chi connectivity index (χ0n) is 12.7. The molecule has 2 heterocycles. The van der Waals surface area contributed by atoms with Crippen LogP contribution in [0.15, 0.2) is 29.1 Å². The standard InChI is InChI=1S/C15H18N4O3/c1-3-4-9-18-15(21)19-13(16-18)10-17(14(19)20)11-5-7-12(22-2)8-6-11/h5-8H,3-4,9-10H2,1-2H3. The van der Waals surface area contributed by atoms with E-state index in [9.17, 15) is 9.59 Å². The first-order chi connectivity index (χ1) is 10.7. The second-order valence-corrected chi connectivity index (χ2v) is 5.18. The van der Waals surface area contributed by atoms with E-state index in [0.29, 0.717) is 18.9 Å². The quantitative estimate of drug-likeness (QED) is 0.845. The summed E-state index contributed by atoms with van der Waals surface area (Å²) in [6, 6.07) is 6.79. The number of benzene rings is 1. The van der Waals surface area contributed by atoms with Crippen LogP contribution >= 0.6 is 0 Å². The van der Waals surface area contributed by atoms with Gasteiger partial charge in [0.05, 0.1) is 13.7 Å². The molecule has 0 bridgehead atoms. The van der Waals surface area contributed by atoms with Gasteiger partial charge in [0.15, 0.2) is 5.82 Å². The van der Waals surface area contributed by atoms with Crippen LogP contribution in [0, 0.1) is 0 Å². The lowest BCUT2D eigenvalue weighted by Gasteiger charge is -2.15. The first-order valence-electron chi connectivity index (χ1n) is 7.30. The summed E-state index contributed by atoms with van der Waals surface area (Å²) in [5.41, 5.74) is 0.361. The summed E-state index contributed by atoms with van der Waals surface area (Å²) in [4.78, 5) is 26.2. The van der Waals surface area contributed by atoms with Gasteiger partial charge in [0, 0.05) is 12.2 Å². The molecular formula is C15H18N4O3. The largest absolute Gasteiger partial charge is 0.497 e. The third-order valence-corrected chi connectivity index (χ3v) is 3.74. The highest BCUT2D eigenvalue weighted by atomic mass is 16.5. The molecule has 116 valence electrons. The Morgan fingerprint density at radius 3 is 2.55 bits per heavy atom. The minimum absolute atomic E-state index is 0.305. The Balaban J connectivity index is 1.86. The van der Waals surface area contributed by atoms with Gasteiger partial charge in [-0.3, -0.25) is 4.90 Å². The van der Waals surface area contributed by atoms with Crippen LogP contribution in [0.3, 0.4) is 0 Å². The van der Waals surface area contributed by atoms with Crippen molar-refractivity contribution < 1.29 is 9.53 Å². The summed E-state index contributed by atoms with van der Waals surface area (Å²) >= 11 is 0. The van der Waals surface area contributed by atoms with Gasteiger partial charge in [0.25, 0.3) is 0 Å². The fourth-order valence-electron chi connectivity index (χ4n) is 2.49. The summed E-state index contributed by atoms with van der Waals surface area (Å²) in [5.74, 6) is 1.21. The number of rotatable bonds is 5. The number of methoxy groups -OCH3 is 1. The van der Waals surface area contributed by atoms with Gasteiger partial charge in [-0.1, -0.05) is 13.3 Å². The summed E-state index contributed by atoms with van der Waals surface area (Å²) in [6.45, 7) is 2.90. The van der Waals surface area contributed by atoms with Crippen molar-refractivity contribution in [3.05, 3.63) is 40.6 Å². The van der Waals surface area contributed by atoms with Crippen LogP contribution in [-0.2, 0) is 13.1 Å². The first-order valence-corrected chi connectivity index (χ1v) is 7.30. The molecule has 0 aliphatic carbocycles. The highest BCUT2D eigenvalue weighted by molar-refractivity contribution is 5.96. The number of amides is 1. The fraction of sp³-hybridized carbons (Fsp3) is 0.400. The van der Waals surface area contributed by atoms with Gasteiger partial charge < -0.3 is 4.74 Å². The number of fused-ring (bicyclic) bond motifs is 1. The van der Waals surface area contributed by atoms with Crippen molar-refractivity contribution in [2.24, 2.45) is 0 Å². The summed E-state index contributed by atoms with van der Waals surface area (Å²) in [6.07, 6.45) is 1.84. The third kappa shape index (κ3) is 2.28. The fourth-order valence-corrected chi connectivity index (χ4v) is 2.49. The van der Waals surface area contributed by atoms with Crippen LogP contribution in [0.25, 0.3) is 0 Å². The Morgan fingerprint density at radius 2 is 1.95 bits per heavy atom. The molecule has 0 fully saturated rings. The molecule has 7 nitrogen and oxygen atoms in total. The van der Waals surface area contributed by atoms with Crippen LogP contribution in [0.1, 0.15) is 25.6 Å².